The third-order valence-corrected chi connectivity index (χ3v) is 1.67. The van der Waals surface area contributed by atoms with Crippen molar-refractivity contribution >= 4 is 11.8 Å². The van der Waals surface area contributed by atoms with Gasteiger partial charge in [0.2, 0.25) is 11.8 Å². The van der Waals surface area contributed by atoms with Crippen LogP contribution in [-0.4, -0.2) is 36.1 Å². The normalized spacial score (nSPS) is 10.0. The molecule has 0 aliphatic heterocycles. The largest absolute Gasteiger partial charge is 0.338 e. The minimum Gasteiger partial charge on any atom is -0.338 e. The topological polar surface area (TPSA) is 58.4 Å². The SMILES string of the molecule is C#CCN(C)CC(=O)Nc1cc(C)no1. The minimum atomic E-state index is -0.177. The number of anilines is 1. The van der Waals surface area contributed by atoms with Crippen LogP contribution in [0.15, 0.2) is 10.6 Å². The van der Waals surface area contributed by atoms with E-state index in [1.165, 1.54) is 0 Å². The lowest BCUT2D eigenvalue weighted by Gasteiger charge is -2.11. The van der Waals surface area contributed by atoms with Gasteiger partial charge in [-0.15, -0.1) is 6.42 Å². The van der Waals surface area contributed by atoms with Gasteiger partial charge in [0, 0.05) is 6.07 Å². The van der Waals surface area contributed by atoms with E-state index < -0.39 is 0 Å². The van der Waals surface area contributed by atoms with Crippen LogP contribution in [0.5, 0.6) is 0 Å². The molecule has 0 bridgehead atoms. The molecular formula is C10H13N3O2. The molecule has 0 saturated carbocycles. The highest BCUT2D eigenvalue weighted by Crippen LogP contribution is 2.07. The van der Waals surface area contributed by atoms with E-state index in [4.69, 9.17) is 10.9 Å². The molecule has 1 heterocycles. The quantitative estimate of drug-likeness (QED) is 0.730. The van der Waals surface area contributed by atoms with Gasteiger partial charge in [-0.2, -0.15) is 0 Å². The lowest BCUT2D eigenvalue weighted by molar-refractivity contribution is -0.117. The van der Waals surface area contributed by atoms with E-state index in [-0.39, 0.29) is 12.5 Å². The maximum atomic E-state index is 11.4. The molecule has 5 nitrogen and oxygen atoms in total. The molecule has 0 unspecified atom stereocenters. The predicted octanol–water partition coefficient (Wildman–Crippen LogP) is 0.487. The maximum absolute atomic E-state index is 11.4. The van der Waals surface area contributed by atoms with Crippen molar-refractivity contribution in [3.63, 3.8) is 0 Å². The Morgan fingerprint density at radius 1 is 1.80 bits per heavy atom. The summed E-state index contributed by atoms with van der Waals surface area (Å²) in [7, 11) is 1.77. The molecule has 1 N–H and O–H groups in total. The van der Waals surface area contributed by atoms with E-state index in [2.05, 4.69) is 16.4 Å². The average Bonchev–Trinajstić information content (AvgIpc) is 2.51. The van der Waals surface area contributed by atoms with Crippen LogP contribution in [0.25, 0.3) is 0 Å². The fourth-order valence-electron chi connectivity index (χ4n) is 1.06. The number of likely N-dealkylation sites (N-methyl/N-ethyl adjacent to an activating group) is 1. The molecule has 0 radical (unpaired) electrons. The van der Waals surface area contributed by atoms with Crippen molar-refractivity contribution in [2.75, 3.05) is 25.5 Å². The van der Waals surface area contributed by atoms with Crippen LogP contribution in [0.3, 0.4) is 0 Å². The Balaban J connectivity index is 2.40. The molecule has 1 rings (SSSR count). The van der Waals surface area contributed by atoms with Gasteiger partial charge < -0.3 is 4.52 Å². The van der Waals surface area contributed by atoms with Crippen molar-refractivity contribution in [1.29, 1.82) is 0 Å². The van der Waals surface area contributed by atoms with Crippen molar-refractivity contribution in [1.82, 2.24) is 10.1 Å². The Bertz CT molecular complexity index is 378. The van der Waals surface area contributed by atoms with Crippen molar-refractivity contribution < 1.29 is 9.32 Å². The predicted molar refractivity (Wildman–Crippen MR) is 56.2 cm³/mol. The van der Waals surface area contributed by atoms with Crippen molar-refractivity contribution in [3.05, 3.63) is 11.8 Å². The number of carbonyl (C=O) groups excluding carboxylic acids is 1. The van der Waals surface area contributed by atoms with E-state index in [1.54, 1.807) is 24.9 Å². The minimum absolute atomic E-state index is 0.177. The summed E-state index contributed by atoms with van der Waals surface area (Å²) >= 11 is 0. The second-order valence-corrected chi connectivity index (χ2v) is 3.26. The fraction of sp³-hybridized carbons (Fsp3) is 0.400. The fourth-order valence-corrected chi connectivity index (χ4v) is 1.06. The third kappa shape index (κ3) is 3.83. The van der Waals surface area contributed by atoms with Crippen LogP contribution in [0.1, 0.15) is 5.69 Å². The number of terminal acetylenes is 1. The van der Waals surface area contributed by atoms with Crippen molar-refractivity contribution in [3.8, 4) is 12.3 Å². The molecule has 0 fully saturated rings. The van der Waals surface area contributed by atoms with E-state index in [1.807, 2.05) is 0 Å². The molecule has 0 aromatic carbocycles. The van der Waals surface area contributed by atoms with Gasteiger partial charge >= 0.3 is 0 Å². The summed E-state index contributed by atoms with van der Waals surface area (Å²) in [6.07, 6.45) is 5.11. The first-order valence-corrected chi connectivity index (χ1v) is 4.47. The van der Waals surface area contributed by atoms with Gasteiger partial charge in [-0.05, 0) is 14.0 Å². The number of aromatic nitrogens is 1. The van der Waals surface area contributed by atoms with E-state index in [0.717, 1.165) is 5.69 Å². The summed E-state index contributed by atoms with van der Waals surface area (Å²) < 4.78 is 4.84. The Morgan fingerprint density at radius 2 is 2.53 bits per heavy atom. The standard InChI is InChI=1S/C10H13N3O2/c1-4-5-13(3)7-9(14)11-10-6-8(2)12-15-10/h1,6H,5,7H2,2-3H3,(H,11,14). The third-order valence-electron chi connectivity index (χ3n) is 1.67. The number of rotatable bonds is 4. The maximum Gasteiger partial charge on any atom is 0.240 e. The van der Waals surface area contributed by atoms with E-state index in [0.29, 0.717) is 12.4 Å². The first kappa shape index (κ1) is 11.3. The summed E-state index contributed by atoms with van der Waals surface area (Å²) in [5, 5.41) is 6.22. The Hall–Kier alpha value is -1.80. The van der Waals surface area contributed by atoms with Crippen LogP contribution >= 0.6 is 0 Å². The lowest BCUT2D eigenvalue weighted by Crippen LogP contribution is -2.30. The molecule has 80 valence electrons. The zero-order valence-corrected chi connectivity index (χ0v) is 8.78. The molecule has 0 saturated heterocycles. The van der Waals surface area contributed by atoms with Gasteiger partial charge in [-0.3, -0.25) is 15.0 Å². The summed E-state index contributed by atoms with van der Waals surface area (Å²) in [4.78, 5) is 13.1. The number of hydrogen-bond acceptors (Lipinski definition) is 4. The molecule has 15 heavy (non-hydrogen) atoms. The zero-order chi connectivity index (χ0) is 11.3. The van der Waals surface area contributed by atoms with Crippen LogP contribution in [0.2, 0.25) is 0 Å². The summed E-state index contributed by atoms with van der Waals surface area (Å²) in [6.45, 7) is 2.44. The zero-order valence-electron chi connectivity index (χ0n) is 8.78. The number of hydrogen-bond donors (Lipinski definition) is 1. The molecule has 1 amide bonds. The molecule has 0 aliphatic rings. The molecular weight excluding hydrogens is 194 g/mol. The van der Waals surface area contributed by atoms with Gasteiger partial charge in [0.1, 0.15) is 0 Å². The second-order valence-electron chi connectivity index (χ2n) is 3.26. The molecule has 0 spiro atoms. The van der Waals surface area contributed by atoms with E-state index >= 15 is 0 Å². The van der Waals surface area contributed by atoms with Gasteiger partial charge in [-0.25, -0.2) is 0 Å². The summed E-state index contributed by atoms with van der Waals surface area (Å²) in [6, 6.07) is 1.65. The number of nitrogens with zero attached hydrogens (tertiary/aromatic N) is 2. The first-order chi connectivity index (χ1) is 7.11. The molecule has 1 aromatic rings. The molecule has 5 heteroatoms. The second kappa shape index (κ2) is 5.17. The van der Waals surface area contributed by atoms with Gasteiger partial charge in [0.15, 0.2) is 0 Å². The Morgan fingerprint density at radius 3 is 3.07 bits per heavy atom. The first-order valence-electron chi connectivity index (χ1n) is 4.47. The van der Waals surface area contributed by atoms with Crippen molar-refractivity contribution in [2.45, 2.75) is 6.92 Å². The molecule has 1 aromatic heterocycles. The molecule has 0 atom stereocenters. The highest BCUT2D eigenvalue weighted by atomic mass is 16.5. The molecule has 0 aliphatic carbocycles. The number of carbonyl (C=O) groups is 1. The monoisotopic (exact) mass is 207 g/mol. The highest BCUT2D eigenvalue weighted by molar-refractivity contribution is 5.90. The number of amides is 1. The summed E-state index contributed by atoms with van der Waals surface area (Å²) in [5.41, 5.74) is 0.724. The van der Waals surface area contributed by atoms with E-state index in [9.17, 15) is 4.79 Å². The van der Waals surface area contributed by atoms with Crippen LogP contribution in [0.4, 0.5) is 5.88 Å². The average molecular weight is 207 g/mol. The van der Waals surface area contributed by atoms with Gasteiger partial charge in [0.25, 0.3) is 0 Å². The highest BCUT2D eigenvalue weighted by Gasteiger charge is 2.08. The number of aryl methyl sites for hydroxylation is 1. The van der Waals surface area contributed by atoms with Gasteiger partial charge in [-0.1, -0.05) is 11.1 Å². The van der Waals surface area contributed by atoms with Crippen LogP contribution in [0, 0.1) is 19.3 Å². The lowest BCUT2D eigenvalue weighted by atomic mass is 10.4. The Labute approximate surface area is 88.4 Å². The van der Waals surface area contributed by atoms with Crippen LogP contribution < -0.4 is 5.32 Å². The van der Waals surface area contributed by atoms with Crippen LogP contribution in [-0.2, 0) is 4.79 Å². The number of nitrogens with one attached hydrogen (secondary N) is 1. The van der Waals surface area contributed by atoms with Crippen molar-refractivity contribution in [2.24, 2.45) is 0 Å². The summed E-state index contributed by atoms with van der Waals surface area (Å²) in [5.74, 6) is 2.63. The smallest absolute Gasteiger partial charge is 0.240 e. The van der Waals surface area contributed by atoms with Gasteiger partial charge in [0.05, 0.1) is 18.8 Å². The Kier molecular flexibility index (Phi) is 3.89.